The molecule has 3 unspecified atom stereocenters. The van der Waals surface area contributed by atoms with Gasteiger partial charge in [-0.1, -0.05) is 31.9 Å². The minimum absolute atomic E-state index is 0.317. The maximum Gasteiger partial charge on any atom is 0.119 e. The second-order valence-corrected chi connectivity index (χ2v) is 5.02. The van der Waals surface area contributed by atoms with Gasteiger partial charge in [-0.2, -0.15) is 0 Å². The first kappa shape index (κ1) is 12.4. The summed E-state index contributed by atoms with van der Waals surface area (Å²) in [5.74, 6) is 1.94. The molecular formula is C15H22O2. The van der Waals surface area contributed by atoms with Crippen LogP contribution in [0.5, 0.6) is 5.75 Å². The summed E-state index contributed by atoms with van der Waals surface area (Å²) in [6.07, 6.45) is 3.33. The summed E-state index contributed by atoms with van der Waals surface area (Å²) < 4.78 is 5.41. The van der Waals surface area contributed by atoms with Crippen LogP contribution in [0.4, 0.5) is 0 Å². The first-order chi connectivity index (χ1) is 8.22. The van der Waals surface area contributed by atoms with Crippen molar-refractivity contribution in [2.75, 3.05) is 6.61 Å². The average molecular weight is 234 g/mol. The summed E-state index contributed by atoms with van der Waals surface area (Å²) in [6, 6.07) is 7.87. The van der Waals surface area contributed by atoms with Crippen LogP contribution in [0.25, 0.3) is 0 Å². The zero-order valence-corrected chi connectivity index (χ0v) is 10.7. The van der Waals surface area contributed by atoms with Gasteiger partial charge in [0.05, 0.1) is 12.7 Å². The Bertz CT molecular complexity index is 344. The van der Waals surface area contributed by atoms with Crippen molar-refractivity contribution in [3.8, 4) is 5.75 Å². The molecule has 0 radical (unpaired) electrons. The summed E-state index contributed by atoms with van der Waals surface area (Å²) in [5, 5.41) is 10.4. The first-order valence-electron chi connectivity index (χ1n) is 6.63. The Morgan fingerprint density at radius 1 is 1.29 bits per heavy atom. The zero-order chi connectivity index (χ0) is 12.3. The van der Waals surface area contributed by atoms with E-state index in [2.05, 4.69) is 6.92 Å². The number of benzene rings is 1. The lowest BCUT2D eigenvalue weighted by Gasteiger charge is -2.22. The highest BCUT2D eigenvalue weighted by Gasteiger charge is 2.30. The topological polar surface area (TPSA) is 29.5 Å². The first-order valence-corrected chi connectivity index (χ1v) is 6.63. The Kier molecular flexibility index (Phi) is 4.06. The molecule has 1 fully saturated rings. The molecule has 3 atom stereocenters. The molecule has 1 aliphatic rings. The fourth-order valence-electron chi connectivity index (χ4n) is 2.82. The Hall–Kier alpha value is -1.02. The van der Waals surface area contributed by atoms with Crippen molar-refractivity contribution in [3.63, 3.8) is 0 Å². The van der Waals surface area contributed by atoms with Crippen molar-refractivity contribution < 1.29 is 9.84 Å². The molecule has 1 aliphatic carbocycles. The van der Waals surface area contributed by atoms with Gasteiger partial charge in [-0.3, -0.25) is 0 Å². The molecule has 1 N–H and O–H groups in total. The van der Waals surface area contributed by atoms with Gasteiger partial charge in [-0.25, -0.2) is 0 Å². The van der Waals surface area contributed by atoms with E-state index in [0.29, 0.717) is 18.4 Å². The van der Waals surface area contributed by atoms with E-state index in [9.17, 15) is 5.11 Å². The molecule has 17 heavy (non-hydrogen) atoms. The van der Waals surface area contributed by atoms with Crippen molar-refractivity contribution in [2.24, 2.45) is 11.8 Å². The molecule has 0 saturated heterocycles. The van der Waals surface area contributed by atoms with E-state index < -0.39 is 0 Å². The van der Waals surface area contributed by atoms with Crippen LogP contribution in [-0.2, 0) is 0 Å². The smallest absolute Gasteiger partial charge is 0.119 e. The van der Waals surface area contributed by atoms with Gasteiger partial charge in [0, 0.05) is 0 Å². The molecule has 1 aromatic rings. The van der Waals surface area contributed by atoms with Crippen molar-refractivity contribution >= 4 is 0 Å². The van der Waals surface area contributed by atoms with Crippen molar-refractivity contribution in [1.82, 2.24) is 0 Å². The number of aliphatic hydroxyl groups is 1. The largest absolute Gasteiger partial charge is 0.494 e. The third-order valence-electron chi connectivity index (χ3n) is 3.87. The van der Waals surface area contributed by atoms with E-state index in [1.807, 2.05) is 31.2 Å². The lowest BCUT2D eigenvalue weighted by molar-refractivity contribution is 0.0900. The summed E-state index contributed by atoms with van der Waals surface area (Å²) in [5.41, 5.74) is 1.02. The van der Waals surface area contributed by atoms with E-state index in [1.54, 1.807) is 0 Å². The molecule has 1 saturated carbocycles. The highest BCUT2D eigenvalue weighted by molar-refractivity contribution is 5.29. The lowest BCUT2D eigenvalue weighted by Crippen LogP contribution is -2.15. The fourth-order valence-corrected chi connectivity index (χ4v) is 2.82. The van der Waals surface area contributed by atoms with Gasteiger partial charge in [0.15, 0.2) is 0 Å². The highest BCUT2D eigenvalue weighted by atomic mass is 16.5. The average Bonchev–Trinajstić information content (AvgIpc) is 2.76. The molecule has 2 heteroatoms. The van der Waals surface area contributed by atoms with E-state index in [0.717, 1.165) is 17.7 Å². The highest BCUT2D eigenvalue weighted by Crippen LogP contribution is 2.40. The van der Waals surface area contributed by atoms with Gasteiger partial charge in [0.1, 0.15) is 5.75 Å². The van der Waals surface area contributed by atoms with Crippen molar-refractivity contribution in [2.45, 2.75) is 39.2 Å². The Morgan fingerprint density at radius 2 is 2.00 bits per heavy atom. The van der Waals surface area contributed by atoms with Crippen LogP contribution in [0, 0.1) is 11.8 Å². The molecular weight excluding hydrogens is 212 g/mol. The predicted molar refractivity (Wildman–Crippen MR) is 69.1 cm³/mol. The van der Waals surface area contributed by atoms with Gasteiger partial charge < -0.3 is 9.84 Å². The maximum absolute atomic E-state index is 10.4. The minimum Gasteiger partial charge on any atom is -0.494 e. The molecule has 0 aliphatic heterocycles. The van der Waals surface area contributed by atoms with Gasteiger partial charge >= 0.3 is 0 Å². The maximum atomic E-state index is 10.4. The normalized spacial score (nSPS) is 25.8. The molecule has 0 amide bonds. The minimum atomic E-state index is -0.317. The van der Waals surface area contributed by atoms with Crippen LogP contribution in [-0.4, -0.2) is 11.7 Å². The number of hydrogen-bond donors (Lipinski definition) is 1. The molecule has 0 heterocycles. The van der Waals surface area contributed by atoms with E-state index >= 15 is 0 Å². The summed E-state index contributed by atoms with van der Waals surface area (Å²) in [4.78, 5) is 0. The second kappa shape index (κ2) is 5.54. The van der Waals surface area contributed by atoms with Gasteiger partial charge in [0.2, 0.25) is 0 Å². The lowest BCUT2D eigenvalue weighted by atomic mass is 9.88. The molecule has 0 bridgehead atoms. The van der Waals surface area contributed by atoms with Crippen LogP contribution in [0.15, 0.2) is 24.3 Å². The van der Waals surface area contributed by atoms with E-state index in [1.165, 1.54) is 12.8 Å². The van der Waals surface area contributed by atoms with Crippen LogP contribution < -0.4 is 4.74 Å². The van der Waals surface area contributed by atoms with E-state index in [4.69, 9.17) is 4.74 Å². The predicted octanol–water partition coefficient (Wildman–Crippen LogP) is 3.55. The number of hydrogen-bond acceptors (Lipinski definition) is 2. The van der Waals surface area contributed by atoms with E-state index in [-0.39, 0.29) is 6.10 Å². The summed E-state index contributed by atoms with van der Waals surface area (Å²) in [6.45, 7) is 4.90. The van der Waals surface area contributed by atoms with Crippen LogP contribution in [0.2, 0.25) is 0 Å². The second-order valence-electron chi connectivity index (χ2n) is 5.02. The standard InChI is InChI=1S/C15H22O2/c1-3-17-13-9-7-12(8-10-13)15(16)14-6-4-5-11(14)2/h7-11,14-16H,3-6H2,1-2H3. The Balaban J connectivity index is 2.05. The van der Waals surface area contributed by atoms with Crippen LogP contribution >= 0.6 is 0 Å². The van der Waals surface area contributed by atoms with Crippen molar-refractivity contribution in [1.29, 1.82) is 0 Å². The third kappa shape index (κ3) is 2.81. The van der Waals surface area contributed by atoms with Crippen LogP contribution in [0.1, 0.15) is 44.8 Å². The van der Waals surface area contributed by atoms with Gasteiger partial charge in [-0.15, -0.1) is 0 Å². The fraction of sp³-hybridized carbons (Fsp3) is 0.600. The monoisotopic (exact) mass is 234 g/mol. The zero-order valence-electron chi connectivity index (χ0n) is 10.7. The van der Waals surface area contributed by atoms with Crippen molar-refractivity contribution in [3.05, 3.63) is 29.8 Å². The quantitative estimate of drug-likeness (QED) is 0.863. The molecule has 1 aromatic carbocycles. The summed E-state index contributed by atoms with van der Waals surface area (Å²) in [7, 11) is 0. The molecule has 94 valence electrons. The SMILES string of the molecule is CCOc1ccc(C(O)C2CCCC2C)cc1. The number of ether oxygens (including phenoxy) is 1. The molecule has 2 rings (SSSR count). The Labute approximate surface area is 104 Å². The Morgan fingerprint density at radius 3 is 2.53 bits per heavy atom. The van der Waals surface area contributed by atoms with Gasteiger partial charge in [-0.05, 0) is 42.9 Å². The number of aliphatic hydroxyl groups excluding tert-OH is 1. The van der Waals surface area contributed by atoms with Crippen LogP contribution in [0.3, 0.4) is 0 Å². The molecule has 0 spiro atoms. The molecule has 0 aromatic heterocycles. The van der Waals surface area contributed by atoms with Gasteiger partial charge in [0.25, 0.3) is 0 Å². The summed E-state index contributed by atoms with van der Waals surface area (Å²) >= 11 is 0. The molecule has 2 nitrogen and oxygen atoms in total. The third-order valence-corrected chi connectivity index (χ3v) is 3.87. The number of rotatable bonds is 4.